The van der Waals surface area contributed by atoms with E-state index in [0.29, 0.717) is 30.5 Å². The third-order valence-corrected chi connectivity index (χ3v) is 2.85. The van der Waals surface area contributed by atoms with Crippen LogP contribution < -0.4 is 19.5 Å². The molecule has 0 spiro atoms. The summed E-state index contributed by atoms with van der Waals surface area (Å²) in [5.41, 5.74) is 0.235. The van der Waals surface area contributed by atoms with Crippen LogP contribution in [0, 0.1) is 0 Å². The number of fused-ring (bicyclic) bond motifs is 1. The van der Waals surface area contributed by atoms with Crippen LogP contribution in [0.1, 0.15) is 24.2 Å². The van der Waals surface area contributed by atoms with Crippen molar-refractivity contribution in [3.8, 4) is 17.2 Å². The number of carbonyl (C=O) groups is 2. The van der Waals surface area contributed by atoms with Gasteiger partial charge in [-0.05, 0) is 26.0 Å². The van der Waals surface area contributed by atoms with Crippen LogP contribution in [0.4, 0.5) is 0 Å². The fourth-order valence-corrected chi connectivity index (χ4v) is 1.97. The van der Waals surface area contributed by atoms with E-state index >= 15 is 0 Å². The van der Waals surface area contributed by atoms with Gasteiger partial charge in [0.1, 0.15) is 13.2 Å². The molecule has 1 aromatic rings. The van der Waals surface area contributed by atoms with Crippen LogP contribution in [0.3, 0.4) is 0 Å². The summed E-state index contributed by atoms with van der Waals surface area (Å²) in [6.45, 7) is 4.12. The van der Waals surface area contributed by atoms with Crippen molar-refractivity contribution in [1.82, 2.24) is 5.32 Å². The smallest absolute Gasteiger partial charge is 0.338 e. The summed E-state index contributed by atoms with van der Waals surface area (Å²) in [5, 5.41) is 2.64. The van der Waals surface area contributed by atoms with Gasteiger partial charge in [-0.2, -0.15) is 0 Å². The molecule has 7 nitrogen and oxygen atoms in total. The highest BCUT2D eigenvalue weighted by Gasteiger charge is 2.22. The SMILES string of the molecule is COc1cc(C(=O)OCC(=O)NC(C)C)cc2c1OCCO2. The minimum Gasteiger partial charge on any atom is -0.493 e. The van der Waals surface area contributed by atoms with Crippen molar-refractivity contribution in [2.45, 2.75) is 19.9 Å². The molecule has 0 radical (unpaired) electrons. The van der Waals surface area contributed by atoms with Gasteiger partial charge in [0.25, 0.3) is 5.91 Å². The molecule has 22 heavy (non-hydrogen) atoms. The van der Waals surface area contributed by atoms with E-state index in [1.54, 1.807) is 0 Å². The Kier molecular flexibility index (Phi) is 5.08. The van der Waals surface area contributed by atoms with Gasteiger partial charge in [0, 0.05) is 6.04 Å². The molecule has 0 unspecified atom stereocenters. The van der Waals surface area contributed by atoms with Gasteiger partial charge >= 0.3 is 5.97 Å². The summed E-state index contributed by atoms with van der Waals surface area (Å²) >= 11 is 0. The highest BCUT2D eigenvalue weighted by molar-refractivity contribution is 5.92. The Bertz CT molecular complexity index is 552. The number of hydrogen-bond donors (Lipinski definition) is 1. The standard InChI is InChI=1S/C15H19NO6/c1-9(2)16-13(17)8-22-15(18)10-6-11(19-3)14-12(7-10)20-4-5-21-14/h6-7,9H,4-5,8H2,1-3H3,(H,16,17). The zero-order valence-electron chi connectivity index (χ0n) is 12.8. The fraction of sp³-hybridized carbons (Fsp3) is 0.467. The number of benzene rings is 1. The molecule has 0 aromatic heterocycles. The van der Waals surface area contributed by atoms with Crippen LogP contribution in [0.5, 0.6) is 17.2 Å². The van der Waals surface area contributed by atoms with Gasteiger partial charge in [0.2, 0.25) is 5.75 Å². The highest BCUT2D eigenvalue weighted by Crippen LogP contribution is 2.40. The van der Waals surface area contributed by atoms with E-state index in [-0.39, 0.29) is 24.1 Å². The molecule has 120 valence electrons. The molecule has 0 saturated carbocycles. The quantitative estimate of drug-likeness (QED) is 0.822. The second-order valence-electron chi connectivity index (χ2n) is 5.00. The number of hydrogen-bond acceptors (Lipinski definition) is 6. The first-order chi connectivity index (χ1) is 10.5. The Morgan fingerprint density at radius 1 is 1.27 bits per heavy atom. The molecule has 1 aliphatic heterocycles. The van der Waals surface area contributed by atoms with Crippen LogP contribution >= 0.6 is 0 Å². The monoisotopic (exact) mass is 309 g/mol. The fourth-order valence-electron chi connectivity index (χ4n) is 1.97. The van der Waals surface area contributed by atoms with E-state index in [4.69, 9.17) is 18.9 Å². The minimum atomic E-state index is -0.630. The average Bonchev–Trinajstić information content (AvgIpc) is 2.50. The van der Waals surface area contributed by atoms with Crippen LogP contribution in [-0.4, -0.2) is 44.8 Å². The molecular weight excluding hydrogens is 290 g/mol. The first kappa shape index (κ1) is 15.9. The number of rotatable bonds is 5. The van der Waals surface area contributed by atoms with Crippen molar-refractivity contribution >= 4 is 11.9 Å². The molecule has 1 aromatic carbocycles. The van der Waals surface area contributed by atoms with E-state index in [1.165, 1.54) is 19.2 Å². The maximum Gasteiger partial charge on any atom is 0.338 e. The third kappa shape index (κ3) is 3.81. The first-order valence-electron chi connectivity index (χ1n) is 6.95. The summed E-state index contributed by atoms with van der Waals surface area (Å²) in [6, 6.07) is 3.00. The van der Waals surface area contributed by atoms with Crippen LogP contribution in [0.15, 0.2) is 12.1 Å². The molecule has 1 N–H and O–H groups in total. The Hall–Kier alpha value is -2.44. The maximum absolute atomic E-state index is 12.0. The summed E-state index contributed by atoms with van der Waals surface area (Å²) in [4.78, 5) is 23.5. The van der Waals surface area contributed by atoms with Crippen molar-refractivity contribution in [2.75, 3.05) is 26.9 Å². The minimum absolute atomic E-state index is 0.0133. The van der Waals surface area contributed by atoms with E-state index in [0.717, 1.165) is 0 Å². The summed E-state index contributed by atoms with van der Waals surface area (Å²) in [6.07, 6.45) is 0. The lowest BCUT2D eigenvalue weighted by Gasteiger charge is -2.21. The van der Waals surface area contributed by atoms with E-state index in [2.05, 4.69) is 5.32 Å². The third-order valence-electron chi connectivity index (χ3n) is 2.85. The molecule has 1 aliphatic rings. The molecule has 0 fully saturated rings. The summed E-state index contributed by atoms with van der Waals surface area (Å²) in [7, 11) is 1.47. The first-order valence-corrected chi connectivity index (χ1v) is 6.95. The lowest BCUT2D eigenvalue weighted by atomic mass is 10.1. The normalized spacial score (nSPS) is 12.7. The van der Waals surface area contributed by atoms with Gasteiger partial charge in [0.05, 0.1) is 12.7 Å². The van der Waals surface area contributed by atoms with Crippen LogP contribution in [0.25, 0.3) is 0 Å². The van der Waals surface area contributed by atoms with Crippen molar-refractivity contribution in [2.24, 2.45) is 0 Å². The number of esters is 1. The molecule has 2 rings (SSSR count). The predicted octanol–water partition coefficient (Wildman–Crippen LogP) is 1.15. The van der Waals surface area contributed by atoms with Gasteiger partial charge in [-0.3, -0.25) is 4.79 Å². The molecule has 0 atom stereocenters. The Morgan fingerprint density at radius 3 is 2.68 bits per heavy atom. The van der Waals surface area contributed by atoms with Gasteiger partial charge < -0.3 is 24.3 Å². The van der Waals surface area contributed by atoms with Gasteiger partial charge in [-0.25, -0.2) is 4.79 Å². The Morgan fingerprint density at radius 2 is 2.00 bits per heavy atom. The second kappa shape index (κ2) is 7.02. The molecule has 0 bridgehead atoms. The molecule has 1 heterocycles. The van der Waals surface area contributed by atoms with Crippen LogP contribution in [0.2, 0.25) is 0 Å². The number of amides is 1. The van der Waals surface area contributed by atoms with Crippen molar-refractivity contribution < 1.29 is 28.5 Å². The van der Waals surface area contributed by atoms with Crippen molar-refractivity contribution in [3.05, 3.63) is 17.7 Å². The molecule has 0 saturated heterocycles. The average molecular weight is 309 g/mol. The zero-order chi connectivity index (χ0) is 16.1. The van der Waals surface area contributed by atoms with Gasteiger partial charge in [0.15, 0.2) is 18.1 Å². The van der Waals surface area contributed by atoms with Crippen molar-refractivity contribution in [1.29, 1.82) is 0 Å². The lowest BCUT2D eigenvalue weighted by molar-refractivity contribution is -0.124. The Labute approximate surface area is 128 Å². The molecule has 7 heteroatoms. The molecular formula is C15H19NO6. The predicted molar refractivity (Wildman–Crippen MR) is 77.5 cm³/mol. The zero-order valence-corrected chi connectivity index (χ0v) is 12.8. The van der Waals surface area contributed by atoms with E-state index in [1.807, 2.05) is 13.8 Å². The highest BCUT2D eigenvalue weighted by atomic mass is 16.6. The van der Waals surface area contributed by atoms with E-state index < -0.39 is 5.97 Å². The van der Waals surface area contributed by atoms with Crippen LogP contribution in [-0.2, 0) is 9.53 Å². The van der Waals surface area contributed by atoms with E-state index in [9.17, 15) is 9.59 Å². The molecule has 0 aliphatic carbocycles. The summed E-state index contributed by atoms with van der Waals surface area (Å²) < 4.78 is 21.1. The largest absolute Gasteiger partial charge is 0.493 e. The summed E-state index contributed by atoms with van der Waals surface area (Å²) in [5.74, 6) is 0.282. The molecule has 1 amide bonds. The number of carbonyl (C=O) groups excluding carboxylic acids is 2. The van der Waals surface area contributed by atoms with Crippen molar-refractivity contribution in [3.63, 3.8) is 0 Å². The maximum atomic E-state index is 12.0. The van der Waals surface area contributed by atoms with Gasteiger partial charge in [-0.15, -0.1) is 0 Å². The topological polar surface area (TPSA) is 83.1 Å². The Balaban J connectivity index is 2.08. The van der Waals surface area contributed by atoms with Gasteiger partial charge in [-0.1, -0.05) is 0 Å². The number of nitrogens with one attached hydrogen (secondary N) is 1. The number of methoxy groups -OCH3 is 1. The second-order valence-corrected chi connectivity index (χ2v) is 5.00. The lowest BCUT2D eigenvalue weighted by Crippen LogP contribution is -2.34. The number of ether oxygens (including phenoxy) is 4.